The van der Waals surface area contributed by atoms with Crippen LogP contribution in [0.3, 0.4) is 0 Å². The highest BCUT2D eigenvalue weighted by molar-refractivity contribution is 5.87. The van der Waals surface area contributed by atoms with Crippen LogP contribution in [-0.4, -0.2) is 11.6 Å². The van der Waals surface area contributed by atoms with Crippen molar-refractivity contribution in [3.05, 3.63) is 71.8 Å². The fraction of sp³-hybridized carbons (Fsp3) is 0.176. The van der Waals surface area contributed by atoms with Gasteiger partial charge in [-0.2, -0.15) is 5.26 Å². The molecular formula is C17H13NO3. The molecule has 2 atom stereocenters. The van der Waals surface area contributed by atoms with E-state index in [0.29, 0.717) is 0 Å². The first-order valence-electron chi connectivity index (χ1n) is 6.61. The number of epoxide rings is 1. The molecule has 1 aliphatic heterocycles. The number of hydrogen-bond acceptors (Lipinski definition) is 4. The lowest BCUT2D eigenvalue weighted by Crippen LogP contribution is -2.26. The lowest BCUT2D eigenvalue weighted by molar-refractivity contribution is -0.149. The molecule has 0 amide bonds. The summed E-state index contributed by atoms with van der Waals surface area (Å²) in [6.45, 7) is 0.133. The summed E-state index contributed by atoms with van der Waals surface area (Å²) in [5, 5.41) is 9.28. The first kappa shape index (κ1) is 13.3. The maximum Gasteiger partial charge on any atom is 0.357 e. The summed E-state index contributed by atoms with van der Waals surface area (Å²) in [7, 11) is 0. The number of carbonyl (C=O) groups excluding carboxylic acids is 1. The van der Waals surface area contributed by atoms with Gasteiger partial charge in [0.1, 0.15) is 18.8 Å². The maximum absolute atomic E-state index is 12.1. The average Bonchev–Trinajstić information content (AvgIpc) is 3.31. The molecule has 4 heteroatoms. The molecule has 0 aromatic heterocycles. The monoisotopic (exact) mass is 279 g/mol. The quantitative estimate of drug-likeness (QED) is 0.637. The van der Waals surface area contributed by atoms with Crippen LogP contribution in [0.5, 0.6) is 0 Å². The van der Waals surface area contributed by atoms with E-state index in [1.54, 1.807) is 0 Å². The summed E-state index contributed by atoms with van der Waals surface area (Å²) in [6.07, 6.45) is -0.549. The predicted octanol–water partition coefficient (Wildman–Crippen LogP) is 2.76. The molecule has 0 aliphatic carbocycles. The van der Waals surface area contributed by atoms with Crippen LogP contribution in [0.25, 0.3) is 0 Å². The van der Waals surface area contributed by atoms with Crippen molar-refractivity contribution in [1.82, 2.24) is 0 Å². The third-order valence-corrected chi connectivity index (χ3v) is 3.40. The van der Waals surface area contributed by atoms with Crippen LogP contribution in [0.15, 0.2) is 60.7 Å². The van der Waals surface area contributed by atoms with Gasteiger partial charge in [0.05, 0.1) is 0 Å². The van der Waals surface area contributed by atoms with Gasteiger partial charge in [-0.3, -0.25) is 0 Å². The molecule has 4 nitrogen and oxygen atoms in total. The number of benzene rings is 2. The first-order valence-corrected chi connectivity index (χ1v) is 6.61. The Morgan fingerprint density at radius 1 is 1.14 bits per heavy atom. The minimum atomic E-state index is -1.50. The Kier molecular flexibility index (Phi) is 3.43. The van der Waals surface area contributed by atoms with Crippen molar-refractivity contribution in [1.29, 1.82) is 5.26 Å². The Bertz CT molecular complexity index is 678. The van der Waals surface area contributed by atoms with E-state index in [9.17, 15) is 10.1 Å². The SMILES string of the molecule is N#CC1(C(=O)OCc2ccccc2)OC1c1ccccc1. The predicted molar refractivity (Wildman–Crippen MR) is 74.9 cm³/mol. The van der Waals surface area contributed by atoms with Gasteiger partial charge in [0.2, 0.25) is 0 Å². The zero-order chi connectivity index (χ0) is 14.7. The number of hydrogen-bond donors (Lipinski definition) is 0. The molecule has 0 saturated carbocycles. The Labute approximate surface area is 122 Å². The third-order valence-electron chi connectivity index (χ3n) is 3.40. The van der Waals surface area contributed by atoms with E-state index >= 15 is 0 Å². The Hall–Kier alpha value is -2.64. The van der Waals surface area contributed by atoms with E-state index in [0.717, 1.165) is 11.1 Å². The standard InChI is InChI=1S/C17H13NO3/c18-12-17(15(21-17)14-9-5-2-6-10-14)16(19)20-11-13-7-3-1-4-8-13/h1-10,15H,11H2. The molecule has 1 saturated heterocycles. The van der Waals surface area contributed by atoms with Crippen LogP contribution in [-0.2, 0) is 20.9 Å². The lowest BCUT2D eigenvalue weighted by Gasteiger charge is -2.06. The third kappa shape index (κ3) is 2.51. The van der Waals surface area contributed by atoms with Gasteiger partial charge >= 0.3 is 5.97 Å². The second-order valence-electron chi connectivity index (χ2n) is 4.82. The van der Waals surface area contributed by atoms with Gasteiger partial charge in [0, 0.05) is 0 Å². The van der Waals surface area contributed by atoms with E-state index < -0.39 is 17.7 Å². The summed E-state index contributed by atoms with van der Waals surface area (Å²) < 4.78 is 10.6. The van der Waals surface area contributed by atoms with Crippen LogP contribution in [0, 0.1) is 11.3 Å². The van der Waals surface area contributed by atoms with Crippen LogP contribution < -0.4 is 0 Å². The maximum atomic E-state index is 12.1. The van der Waals surface area contributed by atoms with Crippen molar-refractivity contribution in [3.8, 4) is 6.07 Å². The lowest BCUT2D eigenvalue weighted by atomic mass is 10.0. The van der Waals surface area contributed by atoms with Crippen molar-refractivity contribution in [2.75, 3.05) is 0 Å². The van der Waals surface area contributed by atoms with E-state index in [-0.39, 0.29) is 6.61 Å². The van der Waals surface area contributed by atoms with Crippen molar-refractivity contribution >= 4 is 5.97 Å². The van der Waals surface area contributed by atoms with Gasteiger partial charge in [-0.15, -0.1) is 0 Å². The summed E-state index contributed by atoms with van der Waals surface area (Å²) in [4.78, 5) is 12.1. The van der Waals surface area contributed by atoms with Crippen molar-refractivity contribution in [2.24, 2.45) is 0 Å². The molecule has 104 valence electrons. The second kappa shape index (κ2) is 5.39. The molecule has 2 unspecified atom stereocenters. The summed E-state index contributed by atoms with van der Waals surface area (Å²) in [5.74, 6) is -0.636. The number of rotatable bonds is 4. The topological polar surface area (TPSA) is 62.6 Å². The van der Waals surface area contributed by atoms with Crippen LogP contribution >= 0.6 is 0 Å². The van der Waals surface area contributed by atoms with Gasteiger partial charge in [-0.25, -0.2) is 4.79 Å². The smallest absolute Gasteiger partial charge is 0.357 e. The molecule has 2 aromatic carbocycles. The van der Waals surface area contributed by atoms with Crippen molar-refractivity contribution in [2.45, 2.75) is 18.3 Å². The van der Waals surface area contributed by atoms with Gasteiger partial charge in [-0.1, -0.05) is 60.7 Å². The largest absolute Gasteiger partial charge is 0.458 e. The highest BCUT2D eigenvalue weighted by Crippen LogP contribution is 2.50. The molecule has 0 radical (unpaired) electrons. The van der Waals surface area contributed by atoms with Crippen molar-refractivity contribution in [3.63, 3.8) is 0 Å². The van der Waals surface area contributed by atoms with Crippen LogP contribution in [0.2, 0.25) is 0 Å². The van der Waals surface area contributed by atoms with Gasteiger partial charge < -0.3 is 9.47 Å². The molecule has 1 heterocycles. The van der Waals surface area contributed by atoms with E-state index in [1.807, 2.05) is 66.7 Å². The molecule has 3 rings (SSSR count). The fourth-order valence-corrected chi connectivity index (χ4v) is 2.20. The molecule has 2 aromatic rings. The number of esters is 1. The van der Waals surface area contributed by atoms with Gasteiger partial charge in [0.15, 0.2) is 0 Å². The van der Waals surface area contributed by atoms with Crippen molar-refractivity contribution < 1.29 is 14.3 Å². The molecular weight excluding hydrogens is 266 g/mol. The average molecular weight is 279 g/mol. The summed E-state index contributed by atoms with van der Waals surface area (Å²) >= 11 is 0. The van der Waals surface area contributed by atoms with Crippen LogP contribution in [0.4, 0.5) is 0 Å². The molecule has 0 N–H and O–H groups in total. The molecule has 21 heavy (non-hydrogen) atoms. The first-order chi connectivity index (χ1) is 10.3. The molecule has 0 bridgehead atoms. The zero-order valence-corrected chi connectivity index (χ0v) is 11.2. The fourth-order valence-electron chi connectivity index (χ4n) is 2.20. The number of nitrogens with zero attached hydrogens (tertiary/aromatic N) is 1. The summed E-state index contributed by atoms with van der Waals surface area (Å²) in [5.41, 5.74) is 0.169. The minimum absolute atomic E-state index is 0.133. The van der Waals surface area contributed by atoms with E-state index in [1.165, 1.54) is 0 Å². The zero-order valence-electron chi connectivity index (χ0n) is 11.2. The van der Waals surface area contributed by atoms with Gasteiger partial charge in [-0.05, 0) is 11.1 Å². The number of nitriles is 1. The Morgan fingerprint density at radius 3 is 2.38 bits per heavy atom. The Morgan fingerprint density at radius 2 is 1.76 bits per heavy atom. The van der Waals surface area contributed by atoms with Gasteiger partial charge in [0.25, 0.3) is 5.60 Å². The highest BCUT2D eigenvalue weighted by atomic mass is 16.7. The van der Waals surface area contributed by atoms with Crippen LogP contribution in [0.1, 0.15) is 17.2 Å². The van der Waals surface area contributed by atoms with E-state index in [2.05, 4.69) is 0 Å². The summed E-state index contributed by atoms with van der Waals surface area (Å²) in [6, 6.07) is 20.5. The Balaban J connectivity index is 1.68. The molecule has 0 spiro atoms. The number of ether oxygens (including phenoxy) is 2. The molecule has 1 aliphatic rings. The normalized spacial score (nSPS) is 23.1. The molecule has 1 fully saturated rings. The number of carbonyl (C=O) groups is 1. The highest BCUT2D eigenvalue weighted by Gasteiger charge is 2.66. The second-order valence-corrected chi connectivity index (χ2v) is 4.82. The minimum Gasteiger partial charge on any atom is -0.458 e. The van der Waals surface area contributed by atoms with E-state index in [4.69, 9.17) is 9.47 Å².